The van der Waals surface area contributed by atoms with Gasteiger partial charge in [-0.1, -0.05) is 0 Å². The van der Waals surface area contributed by atoms with Gasteiger partial charge in [-0.05, 0) is 23.6 Å². The summed E-state index contributed by atoms with van der Waals surface area (Å²) >= 11 is 2.82. The highest BCUT2D eigenvalue weighted by atomic mass is 32.1. The number of rotatable bonds is 2. The standard InChI is InChI=1S/C10H6N2OS2/c11-5-6-1-2-8(15-6)9-7(10(12)13)3-4-14-9/h1-4H,(H2,12,13). The molecule has 0 radical (unpaired) electrons. The molecule has 3 nitrogen and oxygen atoms in total. The summed E-state index contributed by atoms with van der Waals surface area (Å²) in [5.74, 6) is -0.432. The molecule has 0 aliphatic carbocycles. The maximum Gasteiger partial charge on any atom is 0.250 e. The van der Waals surface area contributed by atoms with E-state index in [2.05, 4.69) is 6.07 Å². The van der Waals surface area contributed by atoms with Gasteiger partial charge in [0, 0.05) is 4.88 Å². The van der Waals surface area contributed by atoms with Crippen molar-refractivity contribution in [3.63, 3.8) is 0 Å². The summed E-state index contributed by atoms with van der Waals surface area (Å²) in [7, 11) is 0. The van der Waals surface area contributed by atoms with Crippen LogP contribution in [0.15, 0.2) is 23.6 Å². The molecule has 0 unspecified atom stereocenters. The third-order valence-corrected chi connectivity index (χ3v) is 3.95. The summed E-state index contributed by atoms with van der Waals surface area (Å²) in [4.78, 5) is 13.5. The monoisotopic (exact) mass is 234 g/mol. The maximum absolute atomic E-state index is 11.1. The summed E-state index contributed by atoms with van der Waals surface area (Å²) in [6.07, 6.45) is 0. The van der Waals surface area contributed by atoms with Crippen molar-refractivity contribution < 1.29 is 4.79 Å². The number of amides is 1. The van der Waals surface area contributed by atoms with Crippen molar-refractivity contribution in [2.45, 2.75) is 0 Å². The molecule has 2 aromatic rings. The van der Waals surface area contributed by atoms with E-state index in [4.69, 9.17) is 11.0 Å². The van der Waals surface area contributed by atoms with E-state index in [1.807, 2.05) is 11.4 Å². The minimum atomic E-state index is -0.432. The van der Waals surface area contributed by atoms with Crippen molar-refractivity contribution >= 4 is 28.6 Å². The molecule has 1 amide bonds. The molecule has 0 fully saturated rings. The zero-order valence-corrected chi connectivity index (χ0v) is 9.19. The van der Waals surface area contributed by atoms with Gasteiger partial charge in [0.05, 0.1) is 10.4 Å². The van der Waals surface area contributed by atoms with E-state index in [9.17, 15) is 4.79 Å². The number of thiophene rings is 2. The number of carbonyl (C=O) groups excluding carboxylic acids is 1. The molecular weight excluding hydrogens is 228 g/mol. The van der Waals surface area contributed by atoms with Crippen molar-refractivity contribution in [2.75, 3.05) is 0 Å². The molecule has 0 saturated heterocycles. The Bertz CT molecular complexity index is 548. The van der Waals surface area contributed by atoms with E-state index in [-0.39, 0.29) is 0 Å². The molecular formula is C10H6N2OS2. The molecule has 2 heterocycles. The average Bonchev–Trinajstić information content (AvgIpc) is 2.85. The van der Waals surface area contributed by atoms with Crippen LogP contribution in [-0.4, -0.2) is 5.91 Å². The Labute approximate surface area is 94.4 Å². The van der Waals surface area contributed by atoms with Crippen LogP contribution in [0.2, 0.25) is 0 Å². The highest BCUT2D eigenvalue weighted by molar-refractivity contribution is 7.21. The van der Waals surface area contributed by atoms with E-state index >= 15 is 0 Å². The lowest BCUT2D eigenvalue weighted by atomic mass is 10.2. The van der Waals surface area contributed by atoms with Gasteiger partial charge >= 0.3 is 0 Å². The Hall–Kier alpha value is -1.64. The summed E-state index contributed by atoms with van der Waals surface area (Å²) in [6.45, 7) is 0. The molecule has 0 spiro atoms. The second kappa shape index (κ2) is 3.85. The van der Waals surface area contributed by atoms with Crippen LogP contribution in [-0.2, 0) is 0 Å². The van der Waals surface area contributed by atoms with Crippen molar-refractivity contribution in [3.8, 4) is 15.8 Å². The van der Waals surface area contributed by atoms with Crippen molar-refractivity contribution in [2.24, 2.45) is 5.73 Å². The number of hydrogen-bond acceptors (Lipinski definition) is 4. The highest BCUT2D eigenvalue weighted by Gasteiger charge is 2.13. The van der Waals surface area contributed by atoms with Crippen LogP contribution < -0.4 is 5.73 Å². The van der Waals surface area contributed by atoms with E-state index in [0.717, 1.165) is 9.75 Å². The van der Waals surface area contributed by atoms with Gasteiger partial charge in [-0.3, -0.25) is 4.79 Å². The molecule has 2 N–H and O–H groups in total. The third-order valence-electron chi connectivity index (χ3n) is 1.87. The first-order chi connectivity index (χ1) is 7.22. The van der Waals surface area contributed by atoms with E-state index in [1.165, 1.54) is 22.7 Å². The lowest BCUT2D eigenvalue weighted by molar-refractivity contribution is 0.100. The van der Waals surface area contributed by atoms with Gasteiger partial charge in [-0.2, -0.15) is 5.26 Å². The van der Waals surface area contributed by atoms with Gasteiger partial charge < -0.3 is 5.73 Å². The van der Waals surface area contributed by atoms with Crippen molar-refractivity contribution in [1.82, 2.24) is 0 Å². The molecule has 0 saturated carbocycles. The molecule has 2 rings (SSSR count). The molecule has 0 aliphatic rings. The zero-order chi connectivity index (χ0) is 10.8. The van der Waals surface area contributed by atoms with E-state index < -0.39 is 5.91 Å². The lowest BCUT2D eigenvalue weighted by Gasteiger charge is -1.95. The predicted octanol–water partition coefficient (Wildman–Crippen LogP) is 2.45. The minimum Gasteiger partial charge on any atom is -0.366 e. The van der Waals surface area contributed by atoms with E-state index in [0.29, 0.717) is 10.4 Å². The summed E-state index contributed by atoms with van der Waals surface area (Å²) in [6, 6.07) is 7.34. The molecule has 0 atom stereocenters. The molecule has 74 valence electrons. The van der Waals surface area contributed by atoms with Gasteiger partial charge in [-0.15, -0.1) is 22.7 Å². The molecule has 0 aromatic carbocycles. The first kappa shape index (κ1) is 9.90. The second-order valence-corrected chi connectivity index (χ2v) is 4.80. The van der Waals surface area contributed by atoms with Crippen molar-refractivity contribution in [3.05, 3.63) is 34.0 Å². The van der Waals surface area contributed by atoms with Gasteiger partial charge in [0.2, 0.25) is 5.91 Å². The number of carbonyl (C=O) groups is 1. The first-order valence-corrected chi connectivity index (χ1v) is 5.79. The van der Waals surface area contributed by atoms with Crippen LogP contribution in [0.5, 0.6) is 0 Å². The summed E-state index contributed by atoms with van der Waals surface area (Å²) < 4.78 is 0. The van der Waals surface area contributed by atoms with Crippen LogP contribution in [0.25, 0.3) is 9.75 Å². The lowest BCUT2D eigenvalue weighted by Crippen LogP contribution is -2.10. The van der Waals surface area contributed by atoms with Crippen LogP contribution in [0, 0.1) is 11.3 Å². The van der Waals surface area contributed by atoms with Crippen LogP contribution >= 0.6 is 22.7 Å². The Kier molecular flexibility index (Phi) is 2.54. The molecule has 5 heteroatoms. The largest absolute Gasteiger partial charge is 0.366 e. The van der Waals surface area contributed by atoms with Gasteiger partial charge in [-0.25, -0.2) is 0 Å². The second-order valence-electron chi connectivity index (χ2n) is 2.80. The molecule has 2 aromatic heterocycles. The average molecular weight is 234 g/mol. The Balaban J connectivity index is 2.50. The predicted molar refractivity (Wildman–Crippen MR) is 60.9 cm³/mol. The topological polar surface area (TPSA) is 66.9 Å². The van der Waals surface area contributed by atoms with Gasteiger partial charge in [0.25, 0.3) is 0 Å². The smallest absolute Gasteiger partial charge is 0.250 e. The van der Waals surface area contributed by atoms with Gasteiger partial charge in [0.15, 0.2) is 0 Å². The minimum absolute atomic E-state index is 0.432. The Morgan fingerprint density at radius 2 is 2.20 bits per heavy atom. The SMILES string of the molecule is N#Cc1ccc(-c2sccc2C(N)=O)s1. The Morgan fingerprint density at radius 3 is 2.80 bits per heavy atom. The third kappa shape index (κ3) is 1.77. The first-order valence-electron chi connectivity index (χ1n) is 4.10. The number of primary amides is 1. The molecule has 0 aliphatic heterocycles. The quantitative estimate of drug-likeness (QED) is 0.867. The van der Waals surface area contributed by atoms with Gasteiger partial charge in [0.1, 0.15) is 10.9 Å². The zero-order valence-electron chi connectivity index (χ0n) is 7.56. The number of nitrogens with zero attached hydrogens (tertiary/aromatic N) is 1. The van der Waals surface area contributed by atoms with Crippen LogP contribution in [0.1, 0.15) is 15.2 Å². The fraction of sp³-hybridized carbons (Fsp3) is 0. The van der Waals surface area contributed by atoms with Crippen LogP contribution in [0.3, 0.4) is 0 Å². The highest BCUT2D eigenvalue weighted by Crippen LogP contribution is 2.34. The summed E-state index contributed by atoms with van der Waals surface area (Å²) in [5, 5.41) is 10.5. The Morgan fingerprint density at radius 1 is 1.40 bits per heavy atom. The number of nitrogens with two attached hydrogens (primary N) is 1. The summed E-state index contributed by atoms with van der Waals surface area (Å²) in [5.41, 5.74) is 5.76. The number of hydrogen-bond donors (Lipinski definition) is 1. The normalized spacial score (nSPS) is 9.80. The fourth-order valence-corrected chi connectivity index (χ4v) is 3.06. The maximum atomic E-state index is 11.1. The van der Waals surface area contributed by atoms with Crippen LogP contribution in [0.4, 0.5) is 0 Å². The van der Waals surface area contributed by atoms with E-state index in [1.54, 1.807) is 12.1 Å². The molecule has 15 heavy (non-hydrogen) atoms. The van der Waals surface area contributed by atoms with Crippen molar-refractivity contribution in [1.29, 1.82) is 5.26 Å². The number of nitriles is 1. The fourth-order valence-electron chi connectivity index (χ4n) is 1.21. The molecule has 0 bridgehead atoms.